The van der Waals surface area contributed by atoms with Crippen LogP contribution in [0.1, 0.15) is 5.56 Å². The van der Waals surface area contributed by atoms with Crippen molar-refractivity contribution in [3.63, 3.8) is 0 Å². The molecule has 0 amide bonds. The molecule has 0 aliphatic rings. The summed E-state index contributed by atoms with van der Waals surface area (Å²) in [5.74, 6) is -0.128. The van der Waals surface area contributed by atoms with Crippen LogP contribution in [0.25, 0.3) is 10.8 Å². The van der Waals surface area contributed by atoms with Crippen molar-refractivity contribution >= 4 is 16.7 Å². The zero-order valence-corrected chi connectivity index (χ0v) is 12.1. The number of carbonyl (C=O) groups is 1. The number of fused-ring (bicyclic) bond motifs is 1. The fourth-order valence-electron chi connectivity index (χ4n) is 2.39. The molecule has 21 heavy (non-hydrogen) atoms. The summed E-state index contributed by atoms with van der Waals surface area (Å²) >= 11 is 0. The van der Waals surface area contributed by atoms with E-state index in [-0.39, 0.29) is 6.54 Å². The molecule has 0 spiro atoms. The number of aliphatic carboxylic acids is 1. The number of carboxylic acid groups (broad SMARTS) is 1. The average Bonchev–Trinajstić information content (AvgIpc) is 2.50. The van der Waals surface area contributed by atoms with Crippen LogP contribution in [0.3, 0.4) is 0 Å². The molecule has 3 N–H and O–H groups in total. The van der Waals surface area contributed by atoms with Gasteiger partial charge in [0.1, 0.15) is 11.5 Å². The Bertz CT molecular complexity index is 654. The minimum Gasteiger partial charge on any atom is -0.496 e. The molecule has 0 saturated carbocycles. The first kappa shape index (κ1) is 15.1. The molecule has 1 atom stereocenters. The van der Waals surface area contributed by atoms with Crippen molar-refractivity contribution in [2.45, 2.75) is 6.42 Å². The van der Waals surface area contributed by atoms with Crippen LogP contribution in [-0.4, -0.2) is 31.8 Å². The van der Waals surface area contributed by atoms with Gasteiger partial charge in [0.15, 0.2) is 0 Å². The van der Waals surface area contributed by atoms with Gasteiger partial charge in [-0.25, -0.2) is 0 Å². The molecule has 5 heteroatoms. The number of nitrogens with two attached hydrogens (primary N) is 1. The number of benzene rings is 2. The molecule has 0 aliphatic carbocycles. The van der Waals surface area contributed by atoms with Crippen LogP contribution in [-0.2, 0) is 11.2 Å². The minimum absolute atomic E-state index is 0.0858. The molecular formula is C16H19NO4. The van der Waals surface area contributed by atoms with Gasteiger partial charge in [-0.05, 0) is 35.6 Å². The van der Waals surface area contributed by atoms with Crippen molar-refractivity contribution < 1.29 is 19.4 Å². The van der Waals surface area contributed by atoms with Crippen molar-refractivity contribution in [1.29, 1.82) is 0 Å². The maximum absolute atomic E-state index is 11.2. The molecule has 0 aromatic heterocycles. The highest BCUT2D eigenvalue weighted by atomic mass is 16.5. The molecule has 1 unspecified atom stereocenters. The summed E-state index contributed by atoms with van der Waals surface area (Å²) in [4.78, 5) is 11.2. The number of carboxylic acids is 1. The van der Waals surface area contributed by atoms with Crippen LogP contribution >= 0.6 is 0 Å². The van der Waals surface area contributed by atoms with Crippen LogP contribution in [0.15, 0.2) is 30.3 Å². The lowest BCUT2D eigenvalue weighted by Gasteiger charge is -2.15. The highest BCUT2D eigenvalue weighted by Crippen LogP contribution is 2.32. The molecule has 0 heterocycles. The lowest BCUT2D eigenvalue weighted by molar-refractivity contribution is -0.141. The maximum atomic E-state index is 11.2. The van der Waals surface area contributed by atoms with Gasteiger partial charge in [0.25, 0.3) is 0 Å². The summed E-state index contributed by atoms with van der Waals surface area (Å²) in [6.45, 7) is 0.0858. The zero-order chi connectivity index (χ0) is 15.4. The molecule has 0 radical (unpaired) electrons. The molecule has 0 aliphatic heterocycles. The Balaban J connectivity index is 2.53. The topological polar surface area (TPSA) is 81.8 Å². The third kappa shape index (κ3) is 3.08. The van der Waals surface area contributed by atoms with Gasteiger partial charge in [0.2, 0.25) is 0 Å². The quantitative estimate of drug-likeness (QED) is 0.850. The van der Waals surface area contributed by atoms with Crippen molar-refractivity contribution in [2.75, 3.05) is 20.8 Å². The smallest absolute Gasteiger partial charge is 0.308 e. The van der Waals surface area contributed by atoms with Crippen LogP contribution in [0.4, 0.5) is 0 Å². The monoisotopic (exact) mass is 289 g/mol. The van der Waals surface area contributed by atoms with E-state index in [4.69, 9.17) is 20.3 Å². The summed E-state index contributed by atoms with van der Waals surface area (Å²) < 4.78 is 10.7. The van der Waals surface area contributed by atoms with Crippen molar-refractivity contribution in [1.82, 2.24) is 0 Å². The molecule has 2 aromatic rings. The molecule has 0 bridgehead atoms. The largest absolute Gasteiger partial charge is 0.496 e. The van der Waals surface area contributed by atoms with Gasteiger partial charge in [-0.15, -0.1) is 0 Å². The third-order valence-electron chi connectivity index (χ3n) is 3.56. The van der Waals surface area contributed by atoms with E-state index in [1.165, 1.54) is 0 Å². The summed E-state index contributed by atoms with van der Waals surface area (Å²) in [5, 5.41) is 11.1. The standard InChI is InChI=1S/C16H19NO4/c1-20-14-5-3-4-10-8-15(21-2)11(7-13(10)14)6-12(9-17)16(18)19/h3-5,7-8,12H,6,9,17H2,1-2H3,(H,18,19). The number of hydrogen-bond acceptors (Lipinski definition) is 4. The fraction of sp³-hybridized carbons (Fsp3) is 0.312. The van der Waals surface area contributed by atoms with Gasteiger partial charge in [-0.2, -0.15) is 0 Å². The number of methoxy groups -OCH3 is 2. The van der Waals surface area contributed by atoms with Gasteiger partial charge in [-0.3, -0.25) is 4.79 Å². The maximum Gasteiger partial charge on any atom is 0.308 e. The van der Waals surface area contributed by atoms with Crippen LogP contribution in [0, 0.1) is 5.92 Å². The first-order valence-corrected chi connectivity index (χ1v) is 6.67. The first-order valence-electron chi connectivity index (χ1n) is 6.67. The Labute approximate surface area is 123 Å². The SMILES string of the molecule is COc1cc2cccc(OC)c2cc1CC(CN)C(=O)O. The van der Waals surface area contributed by atoms with Crippen LogP contribution < -0.4 is 15.2 Å². The summed E-state index contributed by atoms with van der Waals surface area (Å²) in [6, 6.07) is 9.54. The van der Waals surface area contributed by atoms with E-state index < -0.39 is 11.9 Å². The molecule has 5 nitrogen and oxygen atoms in total. The lowest BCUT2D eigenvalue weighted by Crippen LogP contribution is -2.25. The Kier molecular flexibility index (Phi) is 4.65. The Hall–Kier alpha value is -2.27. The normalized spacial score (nSPS) is 12.1. The number of hydrogen-bond donors (Lipinski definition) is 2. The molecule has 0 fully saturated rings. The second-order valence-electron chi connectivity index (χ2n) is 4.82. The predicted molar refractivity (Wildman–Crippen MR) is 80.9 cm³/mol. The van der Waals surface area contributed by atoms with Crippen molar-refractivity contribution in [2.24, 2.45) is 11.7 Å². The highest BCUT2D eigenvalue weighted by Gasteiger charge is 2.19. The number of ether oxygens (including phenoxy) is 2. The van der Waals surface area contributed by atoms with E-state index in [0.29, 0.717) is 12.2 Å². The number of rotatable bonds is 6. The minimum atomic E-state index is -0.903. The Morgan fingerprint density at radius 3 is 2.52 bits per heavy atom. The van der Waals surface area contributed by atoms with Crippen molar-refractivity contribution in [3.05, 3.63) is 35.9 Å². The van der Waals surface area contributed by atoms with E-state index in [0.717, 1.165) is 22.1 Å². The molecular weight excluding hydrogens is 270 g/mol. The Morgan fingerprint density at radius 1 is 1.24 bits per heavy atom. The second-order valence-corrected chi connectivity index (χ2v) is 4.82. The predicted octanol–water partition coefficient (Wildman–Crippen LogP) is 2.06. The summed E-state index contributed by atoms with van der Waals surface area (Å²) in [6.07, 6.45) is 0.322. The Morgan fingerprint density at radius 2 is 1.95 bits per heavy atom. The highest BCUT2D eigenvalue weighted by molar-refractivity contribution is 5.90. The molecule has 2 aromatic carbocycles. The van der Waals surface area contributed by atoms with E-state index in [1.807, 2.05) is 30.3 Å². The van der Waals surface area contributed by atoms with Crippen molar-refractivity contribution in [3.8, 4) is 11.5 Å². The second kappa shape index (κ2) is 6.45. The van der Waals surface area contributed by atoms with Crippen LogP contribution in [0.2, 0.25) is 0 Å². The van der Waals surface area contributed by atoms with Gasteiger partial charge in [0, 0.05) is 11.9 Å². The van der Waals surface area contributed by atoms with E-state index in [1.54, 1.807) is 14.2 Å². The average molecular weight is 289 g/mol. The van der Waals surface area contributed by atoms with Gasteiger partial charge >= 0.3 is 5.97 Å². The van der Waals surface area contributed by atoms with Gasteiger partial charge in [0.05, 0.1) is 20.1 Å². The van der Waals surface area contributed by atoms with E-state index >= 15 is 0 Å². The third-order valence-corrected chi connectivity index (χ3v) is 3.56. The van der Waals surface area contributed by atoms with Crippen LogP contribution in [0.5, 0.6) is 11.5 Å². The van der Waals surface area contributed by atoms with Gasteiger partial charge in [-0.1, -0.05) is 12.1 Å². The fourth-order valence-corrected chi connectivity index (χ4v) is 2.39. The van der Waals surface area contributed by atoms with E-state index in [9.17, 15) is 4.79 Å². The summed E-state index contributed by atoms with van der Waals surface area (Å²) in [7, 11) is 3.18. The zero-order valence-electron chi connectivity index (χ0n) is 12.1. The molecule has 2 rings (SSSR count). The first-order chi connectivity index (χ1) is 10.1. The lowest BCUT2D eigenvalue weighted by atomic mass is 9.96. The summed E-state index contributed by atoms with van der Waals surface area (Å²) in [5.41, 5.74) is 6.35. The molecule has 112 valence electrons. The van der Waals surface area contributed by atoms with Gasteiger partial charge < -0.3 is 20.3 Å². The van der Waals surface area contributed by atoms with E-state index in [2.05, 4.69) is 0 Å². The molecule has 0 saturated heterocycles.